The van der Waals surface area contributed by atoms with Crippen molar-refractivity contribution < 1.29 is 14.6 Å². The number of aliphatic hydroxyl groups is 1. The topological polar surface area (TPSA) is 59.8 Å². The van der Waals surface area contributed by atoms with Crippen molar-refractivity contribution in [3.8, 4) is 11.5 Å². The fourth-order valence-electron chi connectivity index (χ4n) is 2.39. The van der Waals surface area contributed by atoms with Crippen LogP contribution in [0.4, 0.5) is 0 Å². The van der Waals surface area contributed by atoms with Gasteiger partial charge in [-0.05, 0) is 24.3 Å². The summed E-state index contributed by atoms with van der Waals surface area (Å²) in [5.74, 6) is 1.61. The molecule has 2 rings (SSSR count). The minimum Gasteiger partial charge on any atom is -0.497 e. The zero-order chi connectivity index (χ0) is 15.9. The van der Waals surface area contributed by atoms with Crippen molar-refractivity contribution in [2.45, 2.75) is 13.1 Å². The van der Waals surface area contributed by atoms with E-state index in [1.54, 1.807) is 20.4 Å². The lowest BCUT2D eigenvalue weighted by atomic mass is 10.1. The van der Waals surface area contributed by atoms with Crippen LogP contribution in [-0.4, -0.2) is 47.2 Å². The average Bonchev–Trinajstić information content (AvgIpc) is 2.92. The van der Waals surface area contributed by atoms with Gasteiger partial charge in [0, 0.05) is 38.4 Å². The predicted octanol–water partition coefficient (Wildman–Crippen LogP) is 1.43. The van der Waals surface area contributed by atoms with E-state index in [1.165, 1.54) is 0 Å². The highest BCUT2D eigenvalue weighted by atomic mass is 16.5. The third kappa shape index (κ3) is 3.99. The molecule has 22 heavy (non-hydrogen) atoms. The van der Waals surface area contributed by atoms with Gasteiger partial charge in [-0.25, -0.2) is 0 Å². The summed E-state index contributed by atoms with van der Waals surface area (Å²) < 4.78 is 12.5. The Labute approximate surface area is 130 Å². The van der Waals surface area contributed by atoms with Gasteiger partial charge >= 0.3 is 0 Å². The molecule has 0 aliphatic rings. The van der Waals surface area contributed by atoms with Gasteiger partial charge in [0.1, 0.15) is 11.5 Å². The van der Waals surface area contributed by atoms with Gasteiger partial charge < -0.3 is 14.6 Å². The van der Waals surface area contributed by atoms with Crippen LogP contribution in [0.25, 0.3) is 0 Å². The first-order chi connectivity index (χ1) is 10.7. The maximum Gasteiger partial charge on any atom is 0.123 e. The smallest absolute Gasteiger partial charge is 0.123 e. The van der Waals surface area contributed by atoms with Crippen LogP contribution >= 0.6 is 0 Å². The van der Waals surface area contributed by atoms with Crippen molar-refractivity contribution in [3.63, 3.8) is 0 Å². The van der Waals surface area contributed by atoms with Crippen molar-refractivity contribution in [2.75, 3.05) is 27.4 Å². The number of aryl methyl sites for hydroxylation is 1. The second kappa shape index (κ2) is 7.82. The van der Waals surface area contributed by atoms with Crippen LogP contribution in [-0.2, 0) is 20.1 Å². The Morgan fingerprint density at radius 3 is 2.59 bits per heavy atom. The van der Waals surface area contributed by atoms with Crippen LogP contribution in [0.5, 0.6) is 11.5 Å². The Morgan fingerprint density at radius 2 is 2.00 bits per heavy atom. The number of nitrogens with zero attached hydrogens (tertiary/aromatic N) is 3. The number of benzene rings is 1. The third-order valence-corrected chi connectivity index (χ3v) is 3.61. The van der Waals surface area contributed by atoms with Crippen molar-refractivity contribution in [1.29, 1.82) is 0 Å². The number of hydrogen-bond donors (Lipinski definition) is 1. The molecular weight excluding hydrogens is 282 g/mol. The predicted molar refractivity (Wildman–Crippen MR) is 84.0 cm³/mol. The monoisotopic (exact) mass is 305 g/mol. The van der Waals surface area contributed by atoms with Gasteiger partial charge in [-0.1, -0.05) is 0 Å². The molecule has 0 aliphatic carbocycles. The highest BCUT2D eigenvalue weighted by Gasteiger charge is 2.13. The third-order valence-electron chi connectivity index (χ3n) is 3.61. The quantitative estimate of drug-likeness (QED) is 0.799. The van der Waals surface area contributed by atoms with Crippen LogP contribution in [0.1, 0.15) is 11.3 Å². The van der Waals surface area contributed by atoms with Gasteiger partial charge in [-0.3, -0.25) is 9.58 Å². The molecule has 1 N–H and O–H groups in total. The van der Waals surface area contributed by atoms with Gasteiger partial charge in [0.25, 0.3) is 0 Å². The molecule has 0 saturated carbocycles. The summed E-state index contributed by atoms with van der Waals surface area (Å²) in [4.78, 5) is 2.15. The van der Waals surface area contributed by atoms with Crippen molar-refractivity contribution >= 4 is 0 Å². The van der Waals surface area contributed by atoms with E-state index in [1.807, 2.05) is 36.0 Å². The summed E-state index contributed by atoms with van der Waals surface area (Å²) in [5, 5.41) is 13.5. The molecule has 1 aromatic heterocycles. The first-order valence-corrected chi connectivity index (χ1v) is 7.19. The number of aromatic nitrogens is 2. The second-order valence-corrected chi connectivity index (χ2v) is 5.06. The van der Waals surface area contributed by atoms with Gasteiger partial charge in [0.05, 0.1) is 26.5 Å². The van der Waals surface area contributed by atoms with E-state index in [2.05, 4.69) is 10.00 Å². The van der Waals surface area contributed by atoms with Crippen LogP contribution in [0.2, 0.25) is 0 Å². The summed E-state index contributed by atoms with van der Waals surface area (Å²) >= 11 is 0. The van der Waals surface area contributed by atoms with E-state index in [9.17, 15) is 5.11 Å². The fraction of sp³-hybridized carbons (Fsp3) is 0.438. The van der Waals surface area contributed by atoms with Gasteiger partial charge in [0.15, 0.2) is 0 Å². The van der Waals surface area contributed by atoms with Crippen molar-refractivity contribution in [3.05, 3.63) is 41.7 Å². The van der Waals surface area contributed by atoms with E-state index < -0.39 is 0 Å². The first kappa shape index (κ1) is 16.3. The summed E-state index contributed by atoms with van der Waals surface area (Å²) in [6.45, 7) is 2.04. The Kier molecular flexibility index (Phi) is 5.80. The molecule has 1 heterocycles. The Balaban J connectivity index is 2.18. The molecule has 0 spiro atoms. The number of hydrogen-bond acceptors (Lipinski definition) is 5. The van der Waals surface area contributed by atoms with E-state index in [0.717, 1.165) is 22.8 Å². The van der Waals surface area contributed by atoms with Crippen LogP contribution in [0.15, 0.2) is 30.5 Å². The molecule has 120 valence electrons. The molecule has 0 saturated heterocycles. The van der Waals surface area contributed by atoms with Crippen molar-refractivity contribution in [1.82, 2.24) is 14.7 Å². The number of rotatable bonds is 8. The number of methoxy groups -OCH3 is 2. The maximum atomic E-state index is 9.32. The van der Waals surface area contributed by atoms with Gasteiger partial charge in [0.2, 0.25) is 0 Å². The lowest BCUT2D eigenvalue weighted by Crippen LogP contribution is -2.27. The molecule has 0 radical (unpaired) electrons. The fourth-order valence-corrected chi connectivity index (χ4v) is 2.39. The SMILES string of the molecule is COc1ccc(OC)c(CN(CCO)Cc2ccnn2C)c1. The van der Waals surface area contributed by atoms with E-state index in [-0.39, 0.29) is 6.61 Å². The molecule has 0 amide bonds. The van der Waals surface area contributed by atoms with Crippen LogP contribution < -0.4 is 9.47 Å². The molecule has 0 bridgehead atoms. The highest BCUT2D eigenvalue weighted by molar-refractivity contribution is 5.40. The van der Waals surface area contributed by atoms with Crippen LogP contribution in [0, 0.1) is 0 Å². The molecule has 0 aliphatic heterocycles. The zero-order valence-corrected chi connectivity index (χ0v) is 13.3. The first-order valence-electron chi connectivity index (χ1n) is 7.19. The normalized spacial score (nSPS) is 11.0. The summed E-state index contributed by atoms with van der Waals surface area (Å²) in [6, 6.07) is 7.72. The van der Waals surface area contributed by atoms with Crippen molar-refractivity contribution in [2.24, 2.45) is 7.05 Å². The Morgan fingerprint density at radius 1 is 1.18 bits per heavy atom. The van der Waals surface area contributed by atoms with Crippen LogP contribution in [0.3, 0.4) is 0 Å². The maximum absolute atomic E-state index is 9.32. The summed E-state index contributed by atoms with van der Waals surface area (Å²) in [7, 11) is 5.22. The molecule has 0 fully saturated rings. The molecule has 2 aromatic rings. The largest absolute Gasteiger partial charge is 0.497 e. The lowest BCUT2D eigenvalue weighted by molar-refractivity contribution is 0.179. The standard InChI is InChI=1S/C16H23N3O3/c1-18-14(6-7-17-18)12-19(8-9-20)11-13-10-15(21-2)4-5-16(13)22-3/h4-7,10,20H,8-9,11-12H2,1-3H3. The average molecular weight is 305 g/mol. The second-order valence-electron chi connectivity index (χ2n) is 5.06. The lowest BCUT2D eigenvalue weighted by Gasteiger charge is -2.22. The minimum absolute atomic E-state index is 0.101. The molecular formula is C16H23N3O3. The molecule has 6 nitrogen and oxygen atoms in total. The molecule has 0 atom stereocenters. The van der Waals surface area contributed by atoms with E-state index in [4.69, 9.17) is 9.47 Å². The van der Waals surface area contributed by atoms with Gasteiger partial charge in [-0.2, -0.15) is 5.10 Å². The van der Waals surface area contributed by atoms with E-state index in [0.29, 0.717) is 19.6 Å². The summed E-state index contributed by atoms with van der Waals surface area (Å²) in [5.41, 5.74) is 2.12. The number of ether oxygens (including phenoxy) is 2. The molecule has 1 aromatic carbocycles. The van der Waals surface area contributed by atoms with Gasteiger partial charge in [-0.15, -0.1) is 0 Å². The molecule has 0 unspecified atom stereocenters. The minimum atomic E-state index is 0.101. The zero-order valence-electron chi connectivity index (χ0n) is 13.3. The number of aliphatic hydroxyl groups excluding tert-OH is 1. The highest BCUT2D eigenvalue weighted by Crippen LogP contribution is 2.25. The Hall–Kier alpha value is -2.05. The van der Waals surface area contributed by atoms with E-state index >= 15 is 0 Å². The summed E-state index contributed by atoms with van der Waals surface area (Å²) in [6.07, 6.45) is 1.78. The molecule has 6 heteroatoms. The Bertz CT molecular complexity index is 598.